The fourth-order valence-electron chi connectivity index (χ4n) is 10.5. The van der Waals surface area contributed by atoms with Crippen molar-refractivity contribution in [2.75, 3.05) is 46.2 Å². The van der Waals surface area contributed by atoms with E-state index in [2.05, 4.69) is 16.0 Å². The van der Waals surface area contributed by atoms with Crippen molar-refractivity contribution in [2.45, 2.75) is 174 Å². The van der Waals surface area contributed by atoms with Gasteiger partial charge < -0.3 is 59.9 Å². The number of esters is 1. The first kappa shape index (κ1) is 67.9. The minimum Gasteiger partial charge on any atom is -0.457 e. The molecule has 10 atom stereocenters. The van der Waals surface area contributed by atoms with Crippen LogP contribution in [0, 0.1) is 24.7 Å². The Balaban J connectivity index is 1.19. The van der Waals surface area contributed by atoms with Crippen LogP contribution in [0.5, 0.6) is 0 Å². The van der Waals surface area contributed by atoms with E-state index in [0.717, 1.165) is 16.7 Å². The van der Waals surface area contributed by atoms with E-state index >= 15 is 0 Å². The number of alkyl carbamates (subject to hydrolysis) is 1. The van der Waals surface area contributed by atoms with E-state index in [1.165, 1.54) is 42.8 Å². The van der Waals surface area contributed by atoms with Gasteiger partial charge in [-0.2, -0.15) is 0 Å². The van der Waals surface area contributed by atoms with E-state index in [1.54, 1.807) is 64.2 Å². The van der Waals surface area contributed by atoms with Crippen LogP contribution < -0.4 is 26.6 Å². The number of likely N-dealkylation sites (N-methyl/N-ethyl adjacent to an activating group) is 1. The van der Waals surface area contributed by atoms with Gasteiger partial charge in [0.05, 0.1) is 29.3 Å². The fourth-order valence-corrected chi connectivity index (χ4v) is 10.7. The van der Waals surface area contributed by atoms with E-state index < -0.39 is 102 Å². The smallest absolute Gasteiger partial charge is 0.409 e. The van der Waals surface area contributed by atoms with Gasteiger partial charge in [-0.05, 0) is 87.6 Å². The van der Waals surface area contributed by atoms with Crippen LogP contribution in [-0.4, -0.2) is 158 Å². The molecular formula is C61H86ClN7O15. The van der Waals surface area contributed by atoms with Crippen LogP contribution >= 0.6 is 11.6 Å². The number of fused-ring (bicyclic) bond motifs is 5. The minimum atomic E-state index is -1.88. The number of hydrogen-bond acceptors (Lipinski definition) is 15. The summed E-state index contributed by atoms with van der Waals surface area (Å²) in [6.07, 6.45) is 1.00. The predicted octanol–water partition coefficient (Wildman–Crippen LogP) is 6.55. The Labute approximate surface area is 497 Å². The molecule has 0 saturated carbocycles. The number of ether oxygens (including phenoxy) is 5. The summed E-state index contributed by atoms with van der Waals surface area (Å²) in [5.41, 5.74) is 6.29. The second-order valence-electron chi connectivity index (χ2n) is 23.0. The number of nitrogens with zero attached hydrogens (tertiary/aromatic N) is 3. The number of primary amides is 1. The molecule has 84 heavy (non-hydrogen) atoms. The van der Waals surface area contributed by atoms with Crippen LogP contribution in [0.2, 0.25) is 5.02 Å². The number of carbonyl (C=O) groups is 9. The minimum absolute atomic E-state index is 0.0231. The van der Waals surface area contributed by atoms with Crippen molar-refractivity contribution in [2.24, 2.45) is 23.5 Å². The average Bonchev–Trinajstić information content (AvgIpc) is 2.01. The molecule has 2 fully saturated rings. The molecule has 3 aliphatic rings. The highest BCUT2D eigenvalue weighted by molar-refractivity contribution is 6.34. The largest absolute Gasteiger partial charge is 0.457 e. The highest BCUT2D eigenvalue weighted by Gasteiger charge is 2.64. The SMILES string of the molecule is CCC(=O)C[C@H](C(=O)N[C@@H](CCCNC(N)=O)C(=O)Cc1ccc(COC(=O)N(C)CCCC(=O)N(C)[C@@H](C)C(=O)O[C@H]2CC(=O)N(C)c3cc(cc(C)c3Cl)C/C(C)=C/C=C/[C@@H](OC)[C@]3(O)C[C@H](OC(=O)N3)[C@@H](C)C3O[C@]32C)cc1)C(C)C. The summed E-state index contributed by atoms with van der Waals surface area (Å²) in [4.78, 5) is 123. The maximum absolute atomic E-state index is 14.4. The molecule has 7 amide bonds. The lowest BCUT2D eigenvalue weighted by Crippen LogP contribution is -2.63. The standard InChI is InChI=1S/C61H86ClN7O15/c1-13-43(70)31-44(35(2)3)55(74)65-45(18-15-25-64-57(63)76)47(71)30-40-21-23-41(24-22-40)34-81-59(78)67(9)26-16-20-51(72)68(10)39(7)56(75)83-50-32-52(73)69(11)46-29-42(28-37(5)53(46)62)27-36(4)17-14-19-49(80-12)61(79)33-48(82-58(77)66-61)38(6)54-60(50,8)84-54/h14,17,19,21-24,28-29,35,38-39,44-45,48-50,54,79H,13,15-16,18,20,25-27,30-34H2,1-12H3,(H,65,74)(H,66,77)(H3,63,64,76)/b19-14+,36-17+/t38-,39+,44+,45+,48+,49-,50+,54?,60+,61-/m1/s1. The molecular weight excluding hydrogens is 1110 g/mol. The first-order valence-corrected chi connectivity index (χ1v) is 29.0. The number of aliphatic hydroxyl groups is 1. The van der Waals surface area contributed by atoms with Crippen molar-refractivity contribution in [1.29, 1.82) is 0 Å². The van der Waals surface area contributed by atoms with Crippen LogP contribution in [0.1, 0.15) is 122 Å². The third-order valence-corrected chi connectivity index (χ3v) is 16.6. The van der Waals surface area contributed by atoms with Gasteiger partial charge in [-0.15, -0.1) is 0 Å². The lowest BCUT2D eigenvalue weighted by Gasteiger charge is -2.42. The van der Waals surface area contributed by atoms with Crippen LogP contribution in [0.15, 0.2) is 60.2 Å². The first-order chi connectivity index (χ1) is 39.5. The topological polar surface area (TPSA) is 295 Å². The zero-order valence-corrected chi connectivity index (χ0v) is 51.3. The number of rotatable bonds is 23. The molecule has 0 spiro atoms. The monoisotopic (exact) mass is 1190 g/mol. The first-order valence-electron chi connectivity index (χ1n) is 28.6. The van der Waals surface area contributed by atoms with Gasteiger partial charge in [-0.25, -0.2) is 19.2 Å². The maximum Gasteiger partial charge on any atom is 0.409 e. The molecule has 22 nitrogen and oxygen atoms in total. The van der Waals surface area contributed by atoms with Crippen molar-refractivity contribution < 1.29 is 71.9 Å². The number of nitrogens with two attached hydrogens (primary N) is 1. The van der Waals surface area contributed by atoms with E-state index in [-0.39, 0.29) is 82.1 Å². The lowest BCUT2D eigenvalue weighted by atomic mass is 9.83. The van der Waals surface area contributed by atoms with Crippen molar-refractivity contribution in [1.82, 2.24) is 25.8 Å². The summed E-state index contributed by atoms with van der Waals surface area (Å²) < 4.78 is 29.4. The number of ketones is 2. The number of urea groups is 1. The van der Waals surface area contributed by atoms with Gasteiger partial charge in [0.25, 0.3) is 0 Å². The number of epoxide rings is 1. The predicted molar refractivity (Wildman–Crippen MR) is 313 cm³/mol. The van der Waals surface area contributed by atoms with Gasteiger partial charge in [0.2, 0.25) is 17.7 Å². The van der Waals surface area contributed by atoms with Crippen LogP contribution in [-0.2, 0) is 71.9 Å². The number of nitrogens with one attached hydrogen (secondary N) is 3. The molecule has 2 aromatic carbocycles. The molecule has 0 radical (unpaired) electrons. The molecule has 1 unspecified atom stereocenters. The number of anilines is 1. The maximum atomic E-state index is 14.4. The van der Waals surface area contributed by atoms with E-state index in [0.29, 0.717) is 41.1 Å². The summed E-state index contributed by atoms with van der Waals surface area (Å²) in [6.45, 7) is 14.4. The second kappa shape index (κ2) is 30.3. The summed E-state index contributed by atoms with van der Waals surface area (Å²) in [6, 6.07) is 7.89. The van der Waals surface area contributed by atoms with Gasteiger partial charge >= 0.3 is 24.2 Å². The number of benzene rings is 2. The van der Waals surface area contributed by atoms with E-state index in [1.807, 2.05) is 45.9 Å². The van der Waals surface area contributed by atoms with Gasteiger partial charge in [-0.3, -0.25) is 29.3 Å². The summed E-state index contributed by atoms with van der Waals surface area (Å²) in [7, 11) is 5.97. The van der Waals surface area contributed by atoms with Gasteiger partial charge in [0.15, 0.2) is 11.5 Å². The highest BCUT2D eigenvalue weighted by Crippen LogP contribution is 2.49. The second-order valence-corrected chi connectivity index (χ2v) is 23.4. The molecule has 23 heteroatoms. The summed E-state index contributed by atoms with van der Waals surface area (Å²) in [5, 5.41) is 20.1. The molecule has 2 saturated heterocycles. The Kier molecular flexibility index (Phi) is 24.5. The molecule has 4 bridgehead atoms. The van der Waals surface area contributed by atoms with Crippen molar-refractivity contribution >= 4 is 70.8 Å². The quantitative estimate of drug-likeness (QED) is 0.0341. The Bertz CT molecular complexity index is 2790. The van der Waals surface area contributed by atoms with E-state index in [4.69, 9.17) is 41.0 Å². The Hall–Kier alpha value is -6.88. The zero-order chi connectivity index (χ0) is 62.4. The third kappa shape index (κ3) is 18.3. The van der Waals surface area contributed by atoms with Crippen molar-refractivity contribution in [3.63, 3.8) is 0 Å². The van der Waals surface area contributed by atoms with Gasteiger partial charge in [0, 0.05) is 85.3 Å². The van der Waals surface area contributed by atoms with Gasteiger partial charge in [-0.1, -0.05) is 93.4 Å². The summed E-state index contributed by atoms with van der Waals surface area (Å²) >= 11 is 6.84. The number of carbonyl (C=O) groups excluding carboxylic acids is 9. The number of methoxy groups -OCH3 is 1. The van der Waals surface area contributed by atoms with Crippen molar-refractivity contribution in [3.05, 3.63) is 87.5 Å². The summed E-state index contributed by atoms with van der Waals surface area (Å²) in [5.74, 6) is -3.75. The molecule has 2 aromatic rings. The normalized spacial score (nSPS) is 24.5. The molecule has 0 aromatic heterocycles. The Morgan fingerprint density at radius 2 is 1.70 bits per heavy atom. The molecule has 0 aliphatic carbocycles. The highest BCUT2D eigenvalue weighted by atomic mass is 35.5. The zero-order valence-electron chi connectivity index (χ0n) is 50.5. The molecule has 462 valence electrons. The number of halogens is 1. The average molecular weight is 1190 g/mol. The van der Waals surface area contributed by atoms with Crippen molar-refractivity contribution in [3.8, 4) is 0 Å². The van der Waals surface area contributed by atoms with Gasteiger partial charge in [0.1, 0.15) is 42.3 Å². The molecule has 6 N–H and O–H groups in total. The number of aryl methyl sites for hydroxylation is 1. The lowest BCUT2D eigenvalue weighted by molar-refractivity contribution is -0.162. The number of Topliss-reactive ketones (excluding diaryl/α,β-unsaturated/α-hetero) is 2. The van der Waals surface area contributed by atoms with E-state index in [9.17, 15) is 48.3 Å². The number of amides is 7. The van der Waals surface area contributed by atoms with Crippen LogP contribution in [0.25, 0.3) is 0 Å². The van der Waals surface area contributed by atoms with Crippen LogP contribution in [0.3, 0.4) is 0 Å². The van der Waals surface area contributed by atoms with Crippen LogP contribution in [0.4, 0.5) is 20.1 Å². The number of hydrogen-bond donors (Lipinski definition) is 5. The molecule has 3 heterocycles. The molecule has 5 rings (SSSR count). The fraction of sp³-hybridized carbons (Fsp3) is 0.590. The third-order valence-electron chi connectivity index (χ3n) is 16.1. The Morgan fingerprint density at radius 3 is 2.35 bits per heavy atom. The molecule has 3 aliphatic heterocycles. The Morgan fingerprint density at radius 1 is 1.02 bits per heavy atom. The number of allylic oxidation sites excluding steroid dienone is 3.